The second-order valence-corrected chi connectivity index (χ2v) is 3.85. The lowest BCUT2D eigenvalue weighted by Crippen LogP contribution is -2.05. The zero-order valence-corrected chi connectivity index (χ0v) is 9.65. The third-order valence-electron chi connectivity index (χ3n) is 2.44. The minimum atomic E-state index is -0.825. The van der Waals surface area contributed by atoms with Gasteiger partial charge in [0.05, 0.1) is 0 Å². The summed E-state index contributed by atoms with van der Waals surface area (Å²) in [5.41, 5.74) is 7.15. The molecule has 0 radical (unpaired) electrons. The Balaban J connectivity index is 2.15. The number of aromatic nitrogens is 4. The molecule has 0 atom stereocenters. The third kappa shape index (κ3) is 2.82. The Bertz CT molecular complexity index is 552. The molecular weight excluding hydrogens is 234 g/mol. The van der Waals surface area contributed by atoms with E-state index in [1.165, 1.54) is 0 Å². The first-order chi connectivity index (χ1) is 8.66. The summed E-state index contributed by atoms with van der Waals surface area (Å²) >= 11 is 0. The van der Waals surface area contributed by atoms with Crippen molar-refractivity contribution < 1.29 is 9.90 Å². The number of rotatable bonds is 5. The van der Waals surface area contributed by atoms with Gasteiger partial charge in [0.25, 0.3) is 0 Å². The van der Waals surface area contributed by atoms with Gasteiger partial charge in [-0.15, -0.1) is 5.10 Å². The van der Waals surface area contributed by atoms with E-state index in [4.69, 9.17) is 10.8 Å². The molecule has 7 heteroatoms. The summed E-state index contributed by atoms with van der Waals surface area (Å²) in [4.78, 5) is 10.4. The molecule has 0 aliphatic rings. The molecule has 1 aromatic heterocycles. The average Bonchev–Trinajstić information content (AvgIpc) is 2.77. The van der Waals surface area contributed by atoms with E-state index < -0.39 is 5.97 Å². The van der Waals surface area contributed by atoms with Gasteiger partial charge in [-0.1, -0.05) is 12.1 Å². The van der Waals surface area contributed by atoms with Crippen molar-refractivity contribution in [3.8, 4) is 11.4 Å². The Kier molecular flexibility index (Phi) is 3.52. The highest BCUT2D eigenvalue weighted by Gasteiger charge is 2.09. The molecule has 0 saturated carbocycles. The molecule has 3 N–H and O–H groups in total. The van der Waals surface area contributed by atoms with Crippen molar-refractivity contribution in [2.24, 2.45) is 0 Å². The summed E-state index contributed by atoms with van der Waals surface area (Å²) in [7, 11) is 0. The molecule has 2 aromatic rings. The van der Waals surface area contributed by atoms with Gasteiger partial charge in [-0.3, -0.25) is 4.79 Å². The number of aliphatic carboxylic acids is 1. The molecule has 0 fully saturated rings. The van der Waals surface area contributed by atoms with Gasteiger partial charge >= 0.3 is 5.97 Å². The summed E-state index contributed by atoms with van der Waals surface area (Å²) in [5, 5.41) is 20.0. The quantitative estimate of drug-likeness (QED) is 0.756. The van der Waals surface area contributed by atoms with Gasteiger partial charge in [-0.2, -0.15) is 0 Å². The molecule has 1 aromatic carbocycles. The van der Waals surface area contributed by atoms with E-state index in [9.17, 15) is 4.79 Å². The van der Waals surface area contributed by atoms with Crippen LogP contribution < -0.4 is 5.73 Å². The van der Waals surface area contributed by atoms with Crippen LogP contribution in [0.15, 0.2) is 24.3 Å². The molecule has 7 nitrogen and oxygen atoms in total. The molecule has 0 spiro atoms. The van der Waals surface area contributed by atoms with Crippen molar-refractivity contribution in [2.75, 3.05) is 5.73 Å². The largest absolute Gasteiger partial charge is 0.481 e. The summed E-state index contributed by atoms with van der Waals surface area (Å²) in [6.45, 7) is 0.462. The van der Waals surface area contributed by atoms with Crippen LogP contribution in [0, 0.1) is 0 Å². The van der Waals surface area contributed by atoms with Gasteiger partial charge in [0.2, 0.25) is 0 Å². The fourth-order valence-corrected chi connectivity index (χ4v) is 1.62. The highest BCUT2D eigenvalue weighted by Crippen LogP contribution is 2.18. The molecule has 1 heterocycles. The predicted molar refractivity (Wildman–Crippen MR) is 64.5 cm³/mol. The van der Waals surface area contributed by atoms with E-state index in [-0.39, 0.29) is 6.42 Å². The van der Waals surface area contributed by atoms with Crippen molar-refractivity contribution in [1.82, 2.24) is 20.2 Å². The lowest BCUT2D eigenvalue weighted by Gasteiger charge is -2.04. The highest BCUT2D eigenvalue weighted by molar-refractivity contribution is 5.66. The SMILES string of the molecule is Nc1cccc(-c2nnnn2CCCC(=O)O)c1. The lowest BCUT2D eigenvalue weighted by atomic mass is 10.2. The minimum Gasteiger partial charge on any atom is -0.481 e. The van der Waals surface area contributed by atoms with E-state index >= 15 is 0 Å². The van der Waals surface area contributed by atoms with Crippen LogP contribution in [-0.2, 0) is 11.3 Å². The molecule has 0 unspecified atom stereocenters. The standard InChI is InChI=1S/C11H13N5O2/c12-9-4-1-3-8(7-9)11-13-14-15-16(11)6-2-5-10(17)18/h1,3-4,7H,2,5-6,12H2,(H,17,18). The number of hydrogen-bond donors (Lipinski definition) is 2. The third-order valence-corrected chi connectivity index (χ3v) is 2.44. The van der Waals surface area contributed by atoms with Gasteiger partial charge in [0, 0.05) is 24.2 Å². The van der Waals surface area contributed by atoms with Gasteiger partial charge < -0.3 is 10.8 Å². The highest BCUT2D eigenvalue weighted by atomic mass is 16.4. The Morgan fingerprint density at radius 1 is 1.44 bits per heavy atom. The first kappa shape index (κ1) is 12.0. The number of aryl methyl sites for hydroxylation is 1. The predicted octanol–water partition coefficient (Wildman–Crippen LogP) is 0.787. The van der Waals surface area contributed by atoms with Crippen LogP contribution in [0.1, 0.15) is 12.8 Å². The molecule has 94 valence electrons. The van der Waals surface area contributed by atoms with Crippen molar-refractivity contribution in [3.05, 3.63) is 24.3 Å². The Morgan fingerprint density at radius 2 is 2.28 bits per heavy atom. The van der Waals surface area contributed by atoms with Gasteiger partial charge in [0.1, 0.15) is 0 Å². The molecule has 0 amide bonds. The number of nitrogen functional groups attached to an aromatic ring is 1. The number of hydrogen-bond acceptors (Lipinski definition) is 5. The number of anilines is 1. The van der Waals surface area contributed by atoms with E-state index in [0.29, 0.717) is 24.5 Å². The number of benzene rings is 1. The lowest BCUT2D eigenvalue weighted by molar-refractivity contribution is -0.137. The monoisotopic (exact) mass is 247 g/mol. The molecule has 0 bridgehead atoms. The molecule has 0 saturated heterocycles. The van der Waals surface area contributed by atoms with Crippen LogP contribution in [-0.4, -0.2) is 31.3 Å². The first-order valence-corrected chi connectivity index (χ1v) is 5.50. The molecule has 18 heavy (non-hydrogen) atoms. The number of carboxylic acid groups (broad SMARTS) is 1. The zero-order chi connectivity index (χ0) is 13.0. The smallest absolute Gasteiger partial charge is 0.303 e. The van der Waals surface area contributed by atoms with Crippen LogP contribution >= 0.6 is 0 Å². The van der Waals surface area contributed by atoms with E-state index in [0.717, 1.165) is 5.56 Å². The number of nitrogens with zero attached hydrogens (tertiary/aromatic N) is 4. The normalized spacial score (nSPS) is 10.4. The summed E-state index contributed by atoms with van der Waals surface area (Å²) in [6, 6.07) is 7.23. The zero-order valence-electron chi connectivity index (χ0n) is 9.65. The number of carbonyl (C=O) groups is 1. The fourth-order valence-electron chi connectivity index (χ4n) is 1.62. The van der Waals surface area contributed by atoms with Crippen LogP contribution in [0.4, 0.5) is 5.69 Å². The van der Waals surface area contributed by atoms with Crippen LogP contribution in [0.5, 0.6) is 0 Å². The molecule has 2 rings (SSSR count). The summed E-state index contributed by atoms with van der Waals surface area (Å²) in [5.74, 6) is -0.235. The number of tetrazole rings is 1. The maximum atomic E-state index is 10.4. The first-order valence-electron chi connectivity index (χ1n) is 5.50. The fraction of sp³-hybridized carbons (Fsp3) is 0.273. The van der Waals surface area contributed by atoms with Crippen molar-refractivity contribution in [1.29, 1.82) is 0 Å². The van der Waals surface area contributed by atoms with Crippen LogP contribution in [0.2, 0.25) is 0 Å². The van der Waals surface area contributed by atoms with Crippen LogP contribution in [0.3, 0.4) is 0 Å². The average molecular weight is 247 g/mol. The van der Waals surface area contributed by atoms with Gasteiger partial charge in [0.15, 0.2) is 5.82 Å². The summed E-state index contributed by atoms with van der Waals surface area (Å²) < 4.78 is 1.58. The van der Waals surface area contributed by atoms with Gasteiger partial charge in [-0.05, 0) is 29.0 Å². The Labute approximate surface area is 103 Å². The van der Waals surface area contributed by atoms with E-state index in [1.54, 1.807) is 16.8 Å². The second-order valence-electron chi connectivity index (χ2n) is 3.85. The maximum Gasteiger partial charge on any atom is 0.303 e. The van der Waals surface area contributed by atoms with Crippen molar-refractivity contribution in [3.63, 3.8) is 0 Å². The van der Waals surface area contributed by atoms with Crippen molar-refractivity contribution >= 4 is 11.7 Å². The van der Waals surface area contributed by atoms with E-state index in [2.05, 4.69) is 15.5 Å². The molecule has 0 aliphatic carbocycles. The van der Waals surface area contributed by atoms with Crippen molar-refractivity contribution in [2.45, 2.75) is 19.4 Å². The summed E-state index contributed by atoms with van der Waals surface area (Å²) in [6.07, 6.45) is 0.575. The number of nitrogens with two attached hydrogens (primary N) is 1. The van der Waals surface area contributed by atoms with Crippen LogP contribution in [0.25, 0.3) is 11.4 Å². The topological polar surface area (TPSA) is 107 Å². The maximum absolute atomic E-state index is 10.4. The van der Waals surface area contributed by atoms with Gasteiger partial charge in [-0.25, -0.2) is 4.68 Å². The molecular formula is C11H13N5O2. The minimum absolute atomic E-state index is 0.0935. The second kappa shape index (κ2) is 5.26. The Morgan fingerprint density at radius 3 is 3.00 bits per heavy atom. The molecule has 0 aliphatic heterocycles. The Hall–Kier alpha value is -2.44. The van der Waals surface area contributed by atoms with E-state index in [1.807, 2.05) is 12.1 Å². The number of carboxylic acids is 1.